The zero-order valence-corrected chi connectivity index (χ0v) is 15.7. The second kappa shape index (κ2) is 8.71. The SMILES string of the molecule is Cc1cc(Cl)cc(C)c1OCC(=O)OCC(=O)NC(=O)NC(C)(C)C. The largest absolute Gasteiger partial charge is 0.481 e. The van der Waals surface area contributed by atoms with Gasteiger partial charge in [0.2, 0.25) is 0 Å². The Labute approximate surface area is 152 Å². The lowest BCUT2D eigenvalue weighted by Crippen LogP contribution is -2.49. The molecule has 0 fully saturated rings. The number of benzene rings is 1. The van der Waals surface area contributed by atoms with Crippen LogP contribution in [0.4, 0.5) is 4.79 Å². The van der Waals surface area contributed by atoms with Gasteiger partial charge in [0.25, 0.3) is 5.91 Å². The van der Waals surface area contributed by atoms with Gasteiger partial charge < -0.3 is 14.8 Å². The number of aryl methyl sites for hydroxylation is 2. The first-order valence-electron chi connectivity index (χ1n) is 7.65. The Bertz CT molecular complexity index is 644. The lowest BCUT2D eigenvalue weighted by molar-refractivity contribution is -0.150. The fraction of sp³-hybridized carbons (Fsp3) is 0.471. The van der Waals surface area contributed by atoms with Crippen molar-refractivity contribution in [2.45, 2.75) is 40.2 Å². The van der Waals surface area contributed by atoms with Crippen molar-refractivity contribution in [1.82, 2.24) is 10.6 Å². The first-order chi connectivity index (χ1) is 11.5. The van der Waals surface area contributed by atoms with Gasteiger partial charge in [0, 0.05) is 10.6 Å². The molecule has 0 aliphatic heterocycles. The number of imide groups is 1. The van der Waals surface area contributed by atoms with Crippen molar-refractivity contribution in [3.63, 3.8) is 0 Å². The third-order valence-electron chi connectivity index (χ3n) is 2.87. The van der Waals surface area contributed by atoms with E-state index in [0.717, 1.165) is 11.1 Å². The van der Waals surface area contributed by atoms with Gasteiger partial charge in [0.05, 0.1) is 0 Å². The van der Waals surface area contributed by atoms with Crippen LogP contribution in [0.2, 0.25) is 5.02 Å². The molecule has 3 amide bonds. The molecule has 8 heteroatoms. The van der Waals surface area contributed by atoms with Gasteiger partial charge in [-0.05, 0) is 57.9 Å². The van der Waals surface area contributed by atoms with Crippen molar-refractivity contribution in [1.29, 1.82) is 0 Å². The molecule has 0 heterocycles. The highest BCUT2D eigenvalue weighted by molar-refractivity contribution is 6.30. The zero-order valence-electron chi connectivity index (χ0n) is 15.0. The van der Waals surface area contributed by atoms with E-state index >= 15 is 0 Å². The molecule has 1 aromatic carbocycles. The summed E-state index contributed by atoms with van der Waals surface area (Å²) in [6, 6.07) is 2.78. The average Bonchev–Trinajstić information content (AvgIpc) is 2.41. The van der Waals surface area contributed by atoms with Crippen molar-refractivity contribution in [3.8, 4) is 5.75 Å². The monoisotopic (exact) mass is 370 g/mol. The second-order valence-corrected chi connectivity index (χ2v) is 7.01. The number of ether oxygens (including phenoxy) is 2. The van der Waals surface area contributed by atoms with Crippen LogP contribution in [0.1, 0.15) is 31.9 Å². The molecular weight excluding hydrogens is 348 g/mol. The molecule has 25 heavy (non-hydrogen) atoms. The molecule has 138 valence electrons. The van der Waals surface area contributed by atoms with Gasteiger partial charge in [-0.25, -0.2) is 9.59 Å². The Kier molecular flexibility index (Phi) is 7.23. The minimum atomic E-state index is -0.728. The van der Waals surface area contributed by atoms with Crippen LogP contribution < -0.4 is 15.4 Å². The van der Waals surface area contributed by atoms with Crippen molar-refractivity contribution in [2.24, 2.45) is 0 Å². The molecule has 0 aromatic heterocycles. The maximum absolute atomic E-state index is 11.7. The summed E-state index contributed by atoms with van der Waals surface area (Å²) in [5.74, 6) is -0.913. The molecule has 2 N–H and O–H groups in total. The van der Waals surface area contributed by atoms with Crippen LogP contribution >= 0.6 is 11.6 Å². The Hall–Kier alpha value is -2.28. The first-order valence-corrected chi connectivity index (χ1v) is 8.03. The molecule has 0 spiro atoms. The molecule has 0 saturated carbocycles. The number of carbonyl (C=O) groups is 3. The van der Waals surface area contributed by atoms with Crippen LogP contribution in [-0.4, -0.2) is 36.7 Å². The predicted molar refractivity (Wildman–Crippen MR) is 93.8 cm³/mol. The number of hydrogen-bond donors (Lipinski definition) is 2. The van der Waals surface area contributed by atoms with E-state index in [9.17, 15) is 14.4 Å². The molecule has 7 nitrogen and oxygen atoms in total. The van der Waals surface area contributed by atoms with Crippen LogP contribution in [0.3, 0.4) is 0 Å². The van der Waals surface area contributed by atoms with Crippen LogP contribution in [0, 0.1) is 13.8 Å². The van der Waals surface area contributed by atoms with Gasteiger partial charge in [-0.15, -0.1) is 0 Å². The normalized spacial score (nSPS) is 10.8. The lowest BCUT2D eigenvalue weighted by atomic mass is 10.1. The quantitative estimate of drug-likeness (QED) is 0.777. The van der Waals surface area contributed by atoms with Crippen LogP contribution in [0.25, 0.3) is 0 Å². The molecule has 0 radical (unpaired) electrons. The first kappa shape index (κ1) is 20.8. The average molecular weight is 371 g/mol. The number of rotatable bonds is 5. The molecule has 0 atom stereocenters. The number of urea groups is 1. The van der Waals surface area contributed by atoms with Crippen molar-refractivity contribution >= 4 is 29.5 Å². The summed E-state index contributed by atoms with van der Waals surface area (Å²) in [4.78, 5) is 34.7. The summed E-state index contributed by atoms with van der Waals surface area (Å²) in [7, 11) is 0. The number of esters is 1. The highest BCUT2D eigenvalue weighted by Gasteiger charge is 2.17. The Balaban J connectivity index is 2.41. The topological polar surface area (TPSA) is 93.7 Å². The molecule has 0 bridgehead atoms. The van der Waals surface area contributed by atoms with Crippen molar-refractivity contribution in [2.75, 3.05) is 13.2 Å². The van der Waals surface area contributed by atoms with E-state index in [1.54, 1.807) is 46.8 Å². The van der Waals surface area contributed by atoms with Crippen LogP contribution in [-0.2, 0) is 14.3 Å². The lowest BCUT2D eigenvalue weighted by Gasteiger charge is -2.20. The molecule has 1 rings (SSSR count). The van der Waals surface area contributed by atoms with Gasteiger partial charge in [0.15, 0.2) is 13.2 Å². The highest BCUT2D eigenvalue weighted by atomic mass is 35.5. The zero-order chi connectivity index (χ0) is 19.2. The highest BCUT2D eigenvalue weighted by Crippen LogP contribution is 2.26. The van der Waals surface area contributed by atoms with Crippen molar-refractivity contribution in [3.05, 3.63) is 28.3 Å². The number of halogens is 1. The molecule has 0 aliphatic rings. The molecule has 1 aromatic rings. The minimum Gasteiger partial charge on any atom is -0.481 e. The summed E-state index contributed by atoms with van der Waals surface area (Å²) in [5.41, 5.74) is 1.09. The molecule has 0 aliphatic carbocycles. The van der Waals surface area contributed by atoms with E-state index in [2.05, 4.69) is 10.6 Å². The third-order valence-corrected chi connectivity index (χ3v) is 3.08. The standard InChI is InChI=1S/C17H23ClN2O5/c1-10-6-12(18)7-11(2)15(10)25-9-14(22)24-8-13(21)19-16(23)20-17(3,4)5/h6-7H,8-9H2,1-5H3,(H2,19,20,21,23). The van der Waals surface area contributed by atoms with Gasteiger partial charge in [-0.2, -0.15) is 0 Å². The summed E-state index contributed by atoms with van der Waals surface area (Å²) in [5, 5.41) is 5.20. The Morgan fingerprint density at radius 3 is 2.16 bits per heavy atom. The second-order valence-electron chi connectivity index (χ2n) is 6.57. The van der Waals surface area contributed by atoms with Gasteiger partial charge in [-0.1, -0.05) is 11.6 Å². The third kappa shape index (κ3) is 7.89. The summed E-state index contributed by atoms with van der Waals surface area (Å²) in [6.45, 7) is 8.00. The molecular formula is C17H23ClN2O5. The summed E-state index contributed by atoms with van der Waals surface area (Å²) < 4.78 is 10.2. The summed E-state index contributed by atoms with van der Waals surface area (Å²) >= 11 is 5.93. The Morgan fingerprint density at radius 1 is 1.08 bits per heavy atom. The maximum atomic E-state index is 11.7. The number of carbonyl (C=O) groups excluding carboxylic acids is 3. The number of hydrogen-bond acceptors (Lipinski definition) is 5. The maximum Gasteiger partial charge on any atom is 0.344 e. The van der Waals surface area contributed by atoms with Gasteiger partial charge in [-0.3, -0.25) is 10.1 Å². The van der Waals surface area contributed by atoms with E-state index in [0.29, 0.717) is 10.8 Å². The molecule has 0 unspecified atom stereocenters. The fourth-order valence-corrected chi connectivity index (χ4v) is 2.31. The number of amides is 3. The smallest absolute Gasteiger partial charge is 0.344 e. The molecule has 0 saturated heterocycles. The van der Waals surface area contributed by atoms with Crippen LogP contribution in [0.15, 0.2) is 12.1 Å². The fourth-order valence-electron chi connectivity index (χ4n) is 1.98. The number of nitrogens with one attached hydrogen (secondary N) is 2. The summed E-state index contributed by atoms with van der Waals surface area (Å²) in [6.07, 6.45) is 0. The predicted octanol–water partition coefficient (Wildman–Crippen LogP) is 2.50. The van der Waals surface area contributed by atoms with E-state index in [1.807, 2.05) is 0 Å². The van der Waals surface area contributed by atoms with E-state index in [4.69, 9.17) is 21.1 Å². The van der Waals surface area contributed by atoms with Crippen molar-refractivity contribution < 1.29 is 23.9 Å². The van der Waals surface area contributed by atoms with E-state index in [1.165, 1.54) is 0 Å². The van der Waals surface area contributed by atoms with Crippen LogP contribution in [0.5, 0.6) is 5.75 Å². The van der Waals surface area contributed by atoms with Gasteiger partial charge in [0.1, 0.15) is 5.75 Å². The van der Waals surface area contributed by atoms with Gasteiger partial charge >= 0.3 is 12.0 Å². The van der Waals surface area contributed by atoms with E-state index < -0.39 is 30.1 Å². The minimum absolute atomic E-state index is 0.356. The Morgan fingerprint density at radius 2 is 1.64 bits per heavy atom. The van der Waals surface area contributed by atoms with E-state index in [-0.39, 0.29) is 6.61 Å².